The summed E-state index contributed by atoms with van der Waals surface area (Å²) in [5.41, 5.74) is -0.112. The summed E-state index contributed by atoms with van der Waals surface area (Å²) in [6, 6.07) is 2.61. The highest BCUT2D eigenvalue weighted by molar-refractivity contribution is 5.10. The fraction of sp³-hybridized carbons (Fsp3) is 0.917. The predicted molar refractivity (Wildman–Crippen MR) is 60.5 cm³/mol. The van der Waals surface area contributed by atoms with Gasteiger partial charge in [0, 0.05) is 26.2 Å². The monoisotopic (exact) mass is 207 g/mol. The highest BCUT2D eigenvalue weighted by Gasteiger charge is 2.38. The molecule has 1 aliphatic carbocycles. The molecular formula is C12H21N3. The van der Waals surface area contributed by atoms with Crippen LogP contribution in [0.5, 0.6) is 0 Å². The van der Waals surface area contributed by atoms with Crippen molar-refractivity contribution >= 4 is 0 Å². The molecule has 0 aromatic rings. The van der Waals surface area contributed by atoms with E-state index < -0.39 is 0 Å². The maximum atomic E-state index is 9.45. The Labute approximate surface area is 92.7 Å². The van der Waals surface area contributed by atoms with Gasteiger partial charge < -0.3 is 4.90 Å². The fourth-order valence-corrected chi connectivity index (χ4v) is 2.87. The molecule has 1 saturated heterocycles. The largest absolute Gasteiger partial charge is 0.304 e. The second-order valence-corrected chi connectivity index (χ2v) is 4.99. The molecule has 1 heterocycles. The van der Waals surface area contributed by atoms with Crippen molar-refractivity contribution in [2.45, 2.75) is 37.6 Å². The van der Waals surface area contributed by atoms with Crippen molar-refractivity contribution in [1.82, 2.24) is 9.80 Å². The number of hydrogen-bond acceptors (Lipinski definition) is 3. The first kappa shape index (κ1) is 10.9. The van der Waals surface area contributed by atoms with E-state index in [1.807, 2.05) is 0 Å². The average Bonchev–Trinajstić information content (AvgIpc) is 2.31. The zero-order valence-electron chi connectivity index (χ0n) is 9.71. The van der Waals surface area contributed by atoms with Crippen molar-refractivity contribution in [2.24, 2.45) is 0 Å². The molecule has 84 valence electrons. The maximum Gasteiger partial charge on any atom is 0.109 e. The molecule has 0 radical (unpaired) electrons. The van der Waals surface area contributed by atoms with Gasteiger partial charge in [-0.2, -0.15) is 5.26 Å². The maximum absolute atomic E-state index is 9.45. The molecule has 0 N–H and O–H groups in total. The van der Waals surface area contributed by atoms with Crippen LogP contribution < -0.4 is 0 Å². The Balaban J connectivity index is 2.03. The van der Waals surface area contributed by atoms with Crippen molar-refractivity contribution in [1.29, 1.82) is 5.26 Å². The van der Waals surface area contributed by atoms with E-state index in [0.29, 0.717) is 0 Å². The zero-order valence-corrected chi connectivity index (χ0v) is 9.71. The van der Waals surface area contributed by atoms with Gasteiger partial charge in [-0.25, -0.2) is 0 Å². The third-order valence-electron chi connectivity index (χ3n) is 4.00. The summed E-state index contributed by atoms with van der Waals surface area (Å²) in [5, 5.41) is 9.45. The van der Waals surface area contributed by atoms with Gasteiger partial charge in [0.1, 0.15) is 5.54 Å². The average molecular weight is 207 g/mol. The van der Waals surface area contributed by atoms with Gasteiger partial charge in [0.2, 0.25) is 0 Å². The molecule has 0 aromatic heterocycles. The minimum atomic E-state index is -0.112. The quantitative estimate of drug-likeness (QED) is 0.652. The third-order valence-corrected chi connectivity index (χ3v) is 4.00. The Bertz CT molecular complexity index is 242. The van der Waals surface area contributed by atoms with Crippen LogP contribution in [0.1, 0.15) is 32.1 Å². The van der Waals surface area contributed by atoms with Crippen LogP contribution in [0.4, 0.5) is 0 Å². The second kappa shape index (κ2) is 4.51. The molecule has 0 atom stereocenters. The van der Waals surface area contributed by atoms with Gasteiger partial charge in [0.05, 0.1) is 6.07 Å². The van der Waals surface area contributed by atoms with Gasteiger partial charge in [-0.1, -0.05) is 19.3 Å². The lowest BCUT2D eigenvalue weighted by Crippen LogP contribution is -2.56. The summed E-state index contributed by atoms with van der Waals surface area (Å²) in [6.45, 7) is 4.38. The summed E-state index contributed by atoms with van der Waals surface area (Å²) in [4.78, 5) is 4.79. The number of hydrogen-bond donors (Lipinski definition) is 0. The first-order valence-corrected chi connectivity index (χ1v) is 6.12. The normalized spacial score (nSPS) is 28.5. The predicted octanol–water partition coefficient (Wildman–Crippen LogP) is 1.46. The van der Waals surface area contributed by atoms with Crippen LogP contribution in [0.15, 0.2) is 0 Å². The molecule has 2 fully saturated rings. The molecule has 0 spiro atoms. The highest BCUT2D eigenvalue weighted by Crippen LogP contribution is 2.33. The van der Waals surface area contributed by atoms with Crippen molar-refractivity contribution in [2.75, 3.05) is 33.2 Å². The van der Waals surface area contributed by atoms with E-state index in [0.717, 1.165) is 39.0 Å². The Morgan fingerprint density at radius 2 is 1.60 bits per heavy atom. The smallest absolute Gasteiger partial charge is 0.109 e. The van der Waals surface area contributed by atoms with Crippen LogP contribution >= 0.6 is 0 Å². The summed E-state index contributed by atoms with van der Waals surface area (Å²) >= 11 is 0. The second-order valence-electron chi connectivity index (χ2n) is 4.99. The number of likely N-dealkylation sites (N-methyl/N-ethyl adjacent to an activating group) is 1. The van der Waals surface area contributed by atoms with Gasteiger partial charge in [-0.3, -0.25) is 4.90 Å². The first-order valence-electron chi connectivity index (χ1n) is 6.12. The molecule has 0 bridgehead atoms. The molecule has 1 saturated carbocycles. The van der Waals surface area contributed by atoms with Gasteiger partial charge in [0.25, 0.3) is 0 Å². The van der Waals surface area contributed by atoms with Crippen LogP contribution in [0.3, 0.4) is 0 Å². The topological polar surface area (TPSA) is 30.3 Å². The number of rotatable bonds is 1. The fourth-order valence-electron chi connectivity index (χ4n) is 2.87. The van der Waals surface area contributed by atoms with Crippen LogP contribution in [-0.4, -0.2) is 48.6 Å². The molecule has 0 aromatic carbocycles. The molecule has 0 amide bonds. The Morgan fingerprint density at radius 1 is 1.00 bits per heavy atom. The van der Waals surface area contributed by atoms with Gasteiger partial charge >= 0.3 is 0 Å². The van der Waals surface area contributed by atoms with E-state index in [1.54, 1.807) is 0 Å². The molecule has 2 aliphatic rings. The van der Waals surface area contributed by atoms with Gasteiger partial charge in [0.15, 0.2) is 0 Å². The SMILES string of the molecule is CN1CCN(C2(C#N)CCCCC2)CC1. The van der Waals surface area contributed by atoms with Crippen LogP contribution in [0.2, 0.25) is 0 Å². The van der Waals surface area contributed by atoms with Crippen molar-refractivity contribution in [3.05, 3.63) is 0 Å². The van der Waals surface area contributed by atoms with Crippen LogP contribution in [0, 0.1) is 11.3 Å². The van der Waals surface area contributed by atoms with Gasteiger partial charge in [-0.15, -0.1) is 0 Å². The van der Waals surface area contributed by atoms with E-state index in [2.05, 4.69) is 22.9 Å². The van der Waals surface area contributed by atoms with E-state index in [9.17, 15) is 5.26 Å². The summed E-state index contributed by atoms with van der Waals surface area (Å²) in [6.07, 6.45) is 5.97. The summed E-state index contributed by atoms with van der Waals surface area (Å²) in [5.74, 6) is 0. The van der Waals surface area contributed by atoms with E-state index >= 15 is 0 Å². The lowest BCUT2D eigenvalue weighted by molar-refractivity contribution is 0.0500. The van der Waals surface area contributed by atoms with Crippen molar-refractivity contribution < 1.29 is 0 Å². The van der Waals surface area contributed by atoms with E-state index in [-0.39, 0.29) is 5.54 Å². The van der Waals surface area contributed by atoms with Gasteiger partial charge in [-0.05, 0) is 19.9 Å². The molecular weight excluding hydrogens is 186 g/mol. The number of nitriles is 1. The van der Waals surface area contributed by atoms with E-state index in [1.165, 1.54) is 19.3 Å². The Morgan fingerprint density at radius 3 is 2.13 bits per heavy atom. The lowest BCUT2D eigenvalue weighted by atomic mass is 9.81. The molecule has 3 heteroatoms. The Hall–Kier alpha value is -0.590. The van der Waals surface area contributed by atoms with Crippen LogP contribution in [-0.2, 0) is 0 Å². The number of piperazine rings is 1. The number of nitrogens with zero attached hydrogens (tertiary/aromatic N) is 3. The Kier molecular flexibility index (Phi) is 3.28. The molecule has 1 aliphatic heterocycles. The summed E-state index contributed by atoms with van der Waals surface area (Å²) < 4.78 is 0. The molecule has 15 heavy (non-hydrogen) atoms. The molecule has 3 nitrogen and oxygen atoms in total. The summed E-state index contributed by atoms with van der Waals surface area (Å²) in [7, 11) is 2.16. The first-order chi connectivity index (χ1) is 7.27. The molecule has 2 rings (SSSR count). The molecule has 0 unspecified atom stereocenters. The minimum absolute atomic E-state index is 0.112. The standard InChI is InChI=1S/C12H21N3/c1-14-7-9-15(10-8-14)12(11-13)5-3-2-4-6-12/h2-10H2,1H3. The third kappa shape index (κ3) is 2.16. The minimum Gasteiger partial charge on any atom is -0.304 e. The van der Waals surface area contributed by atoms with E-state index in [4.69, 9.17) is 0 Å². The van der Waals surface area contributed by atoms with Crippen molar-refractivity contribution in [3.8, 4) is 6.07 Å². The van der Waals surface area contributed by atoms with Crippen LogP contribution in [0.25, 0.3) is 0 Å². The highest BCUT2D eigenvalue weighted by atomic mass is 15.3. The lowest BCUT2D eigenvalue weighted by Gasteiger charge is -2.45. The zero-order chi connectivity index (χ0) is 10.7. The van der Waals surface area contributed by atoms with Crippen molar-refractivity contribution in [3.63, 3.8) is 0 Å².